The molecule has 4 heteroatoms. The number of rotatable bonds is 10. The molecule has 0 N–H and O–H groups in total. The van der Waals surface area contributed by atoms with Crippen molar-refractivity contribution in [3.63, 3.8) is 0 Å². The Morgan fingerprint density at radius 2 is 1.61 bits per heavy atom. The van der Waals surface area contributed by atoms with Crippen molar-refractivity contribution in [2.75, 3.05) is 6.61 Å². The lowest BCUT2D eigenvalue weighted by molar-refractivity contribution is -0.147. The summed E-state index contributed by atoms with van der Waals surface area (Å²) in [6, 6.07) is 5.49. The zero-order valence-electron chi connectivity index (χ0n) is 14.5. The molecule has 0 unspecified atom stereocenters. The lowest BCUT2D eigenvalue weighted by Gasteiger charge is -2.07. The van der Waals surface area contributed by atoms with Crippen LogP contribution in [0.3, 0.4) is 0 Å². The molecule has 0 heterocycles. The normalized spacial score (nSPS) is 10.4. The van der Waals surface area contributed by atoms with E-state index < -0.39 is 5.97 Å². The monoisotopic (exact) mass is 320 g/mol. The fraction of sp³-hybridized carbons (Fsp3) is 0.579. The van der Waals surface area contributed by atoms with Crippen LogP contribution in [0.25, 0.3) is 0 Å². The minimum atomic E-state index is -0.409. The summed E-state index contributed by atoms with van der Waals surface area (Å²) in [6.07, 6.45) is 5.67. The van der Waals surface area contributed by atoms with Gasteiger partial charge in [0, 0.05) is 0 Å². The molecule has 0 aliphatic heterocycles. The van der Waals surface area contributed by atoms with E-state index in [4.69, 9.17) is 9.47 Å². The zero-order valence-corrected chi connectivity index (χ0v) is 14.5. The second-order valence-corrected chi connectivity index (χ2v) is 5.85. The summed E-state index contributed by atoms with van der Waals surface area (Å²) in [6.45, 7) is 6.57. The van der Waals surface area contributed by atoms with Gasteiger partial charge in [-0.25, -0.2) is 0 Å². The molecule has 1 rings (SSSR count). The largest absolute Gasteiger partial charge is 0.466 e. The molecule has 0 saturated heterocycles. The summed E-state index contributed by atoms with van der Waals surface area (Å²) < 4.78 is 10.3. The van der Waals surface area contributed by atoms with Crippen LogP contribution in [-0.2, 0) is 14.3 Å². The Balaban J connectivity index is 2.17. The highest BCUT2D eigenvalue weighted by Crippen LogP contribution is 2.17. The van der Waals surface area contributed by atoms with E-state index in [-0.39, 0.29) is 18.8 Å². The van der Waals surface area contributed by atoms with Gasteiger partial charge in [-0.05, 0) is 43.5 Å². The number of aryl methyl sites for hydroxylation is 2. The van der Waals surface area contributed by atoms with Gasteiger partial charge in [0.05, 0.1) is 19.4 Å². The van der Waals surface area contributed by atoms with Crippen molar-refractivity contribution >= 4 is 11.9 Å². The van der Waals surface area contributed by atoms with Gasteiger partial charge in [0.25, 0.3) is 0 Å². The Hall–Kier alpha value is -1.84. The number of ether oxygens (including phenoxy) is 2. The third kappa shape index (κ3) is 8.38. The van der Waals surface area contributed by atoms with Crippen LogP contribution in [0.4, 0.5) is 0 Å². The highest BCUT2D eigenvalue weighted by atomic mass is 16.5. The summed E-state index contributed by atoms with van der Waals surface area (Å²) in [5.74, 6) is -0.229. The molecule has 0 amide bonds. The van der Waals surface area contributed by atoms with Crippen molar-refractivity contribution < 1.29 is 19.1 Å². The second-order valence-electron chi connectivity index (χ2n) is 5.85. The Bertz CT molecular complexity index is 508. The van der Waals surface area contributed by atoms with Gasteiger partial charge in [-0.15, -0.1) is 0 Å². The van der Waals surface area contributed by atoms with E-state index in [1.54, 1.807) is 6.07 Å². The molecule has 0 aromatic heterocycles. The van der Waals surface area contributed by atoms with Crippen molar-refractivity contribution in [2.24, 2.45) is 0 Å². The Morgan fingerprint density at radius 1 is 0.913 bits per heavy atom. The van der Waals surface area contributed by atoms with Crippen molar-refractivity contribution in [3.05, 3.63) is 29.3 Å². The summed E-state index contributed by atoms with van der Waals surface area (Å²) in [4.78, 5) is 23.3. The lowest BCUT2D eigenvalue weighted by Crippen LogP contribution is -2.13. The molecule has 0 radical (unpaired) electrons. The standard InChI is InChI=1S/C19H28O4/c1-4-5-6-7-8-13-22-18(20)11-12-19(21)23-17-10-9-15(2)16(3)14-17/h9-10,14H,4-8,11-13H2,1-3H3. The van der Waals surface area contributed by atoms with Crippen molar-refractivity contribution in [3.8, 4) is 5.75 Å². The summed E-state index contributed by atoms with van der Waals surface area (Å²) in [5.41, 5.74) is 2.21. The SMILES string of the molecule is CCCCCCCOC(=O)CCC(=O)Oc1ccc(C)c(C)c1. The fourth-order valence-corrected chi connectivity index (χ4v) is 2.13. The first-order valence-corrected chi connectivity index (χ1v) is 8.46. The van der Waals surface area contributed by atoms with Crippen LogP contribution >= 0.6 is 0 Å². The van der Waals surface area contributed by atoms with E-state index >= 15 is 0 Å². The fourth-order valence-electron chi connectivity index (χ4n) is 2.13. The third-order valence-corrected chi connectivity index (χ3v) is 3.75. The molecule has 0 atom stereocenters. The number of carbonyl (C=O) groups is 2. The van der Waals surface area contributed by atoms with Crippen LogP contribution in [0.1, 0.15) is 63.0 Å². The van der Waals surface area contributed by atoms with Crippen molar-refractivity contribution in [1.82, 2.24) is 0 Å². The molecular formula is C19H28O4. The lowest BCUT2D eigenvalue weighted by atomic mass is 10.1. The topological polar surface area (TPSA) is 52.6 Å². The van der Waals surface area contributed by atoms with Crippen LogP contribution in [0.5, 0.6) is 5.75 Å². The van der Waals surface area contributed by atoms with Crippen molar-refractivity contribution in [1.29, 1.82) is 0 Å². The molecular weight excluding hydrogens is 292 g/mol. The molecule has 1 aromatic carbocycles. The molecule has 0 bridgehead atoms. The molecule has 4 nitrogen and oxygen atoms in total. The third-order valence-electron chi connectivity index (χ3n) is 3.75. The van der Waals surface area contributed by atoms with E-state index in [0.29, 0.717) is 12.4 Å². The Labute approximate surface area is 139 Å². The van der Waals surface area contributed by atoms with Crippen LogP contribution in [0.2, 0.25) is 0 Å². The molecule has 0 fully saturated rings. The van der Waals surface area contributed by atoms with Gasteiger partial charge >= 0.3 is 11.9 Å². The number of benzene rings is 1. The summed E-state index contributed by atoms with van der Waals surface area (Å²) in [5, 5.41) is 0. The van der Waals surface area contributed by atoms with Crippen molar-refractivity contribution in [2.45, 2.75) is 65.7 Å². The first-order chi connectivity index (χ1) is 11.0. The van der Waals surface area contributed by atoms with Gasteiger partial charge in [0.2, 0.25) is 0 Å². The van der Waals surface area contributed by atoms with Gasteiger partial charge in [0.15, 0.2) is 0 Å². The molecule has 0 spiro atoms. The number of esters is 2. The summed E-state index contributed by atoms with van der Waals surface area (Å²) in [7, 11) is 0. The van der Waals surface area contributed by atoms with E-state index in [1.165, 1.54) is 19.3 Å². The first-order valence-electron chi connectivity index (χ1n) is 8.46. The van der Waals surface area contributed by atoms with E-state index in [1.807, 2.05) is 26.0 Å². The van der Waals surface area contributed by atoms with Crippen LogP contribution in [-0.4, -0.2) is 18.5 Å². The Kier molecular flexibility index (Phi) is 9.03. The van der Waals surface area contributed by atoms with Gasteiger partial charge < -0.3 is 9.47 Å². The highest BCUT2D eigenvalue weighted by molar-refractivity contribution is 5.79. The summed E-state index contributed by atoms with van der Waals surface area (Å²) >= 11 is 0. The van der Waals surface area contributed by atoms with Gasteiger partial charge in [0.1, 0.15) is 5.75 Å². The van der Waals surface area contributed by atoms with Crippen LogP contribution < -0.4 is 4.74 Å². The number of hydrogen-bond acceptors (Lipinski definition) is 4. The average Bonchev–Trinajstić information content (AvgIpc) is 2.52. The van der Waals surface area contributed by atoms with Crippen LogP contribution in [0, 0.1) is 13.8 Å². The smallest absolute Gasteiger partial charge is 0.311 e. The average molecular weight is 320 g/mol. The minimum Gasteiger partial charge on any atom is -0.466 e. The van der Waals surface area contributed by atoms with Gasteiger partial charge in [-0.2, -0.15) is 0 Å². The first kappa shape index (κ1) is 19.2. The number of unbranched alkanes of at least 4 members (excludes halogenated alkanes) is 4. The number of hydrogen-bond donors (Lipinski definition) is 0. The molecule has 23 heavy (non-hydrogen) atoms. The van der Waals surface area contributed by atoms with Gasteiger partial charge in [-0.3, -0.25) is 9.59 Å². The Morgan fingerprint density at radius 3 is 2.30 bits per heavy atom. The maximum atomic E-state index is 11.7. The van der Waals surface area contributed by atoms with E-state index in [2.05, 4.69) is 6.92 Å². The molecule has 0 aliphatic rings. The molecule has 128 valence electrons. The zero-order chi connectivity index (χ0) is 17.1. The van der Waals surface area contributed by atoms with E-state index in [9.17, 15) is 9.59 Å². The molecule has 1 aromatic rings. The maximum Gasteiger partial charge on any atom is 0.311 e. The van der Waals surface area contributed by atoms with Gasteiger partial charge in [-0.1, -0.05) is 38.7 Å². The predicted molar refractivity (Wildman–Crippen MR) is 90.5 cm³/mol. The molecule has 0 aliphatic carbocycles. The number of carbonyl (C=O) groups excluding carboxylic acids is 2. The maximum absolute atomic E-state index is 11.7. The second kappa shape index (κ2) is 10.8. The van der Waals surface area contributed by atoms with E-state index in [0.717, 1.165) is 24.0 Å². The minimum absolute atomic E-state index is 0.0432. The highest BCUT2D eigenvalue weighted by Gasteiger charge is 2.10. The molecule has 0 saturated carbocycles. The van der Waals surface area contributed by atoms with Crippen LogP contribution in [0.15, 0.2) is 18.2 Å². The predicted octanol–water partition coefficient (Wildman–Crippen LogP) is 4.50. The quantitative estimate of drug-likeness (QED) is 0.362.